The van der Waals surface area contributed by atoms with Crippen LogP contribution in [-0.2, 0) is 11.2 Å². The van der Waals surface area contributed by atoms with Crippen molar-refractivity contribution in [3.05, 3.63) is 41.5 Å². The molecular weight excluding hydrogens is 435 g/mol. The van der Waals surface area contributed by atoms with Gasteiger partial charge in [0.1, 0.15) is 11.5 Å². The first-order chi connectivity index (χ1) is 16.4. The third-order valence-corrected chi connectivity index (χ3v) is 6.71. The molecule has 9 heteroatoms. The summed E-state index contributed by atoms with van der Waals surface area (Å²) in [7, 11) is 0. The van der Waals surface area contributed by atoms with Crippen LogP contribution in [0.1, 0.15) is 68.6 Å². The number of benzene rings is 1. The zero-order valence-corrected chi connectivity index (χ0v) is 19.6. The standard InChI is InChI=1S/C25H29FN6O2/c1-3-18-14-21(24(34)31-12-6-4-5-7-15(31)2)28-25-29-22(30-32(18)25)19-11-10-17(13-20(19)26)27-23(33)16-8-9-16/h10-11,13-16H,3-9,12H2,1-2H3,(H,27,33). The second-order valence-corrected chi connectivity index (χ2v) is 9.29. The third-order valence-electron chi connectivity index (χ3n) is 6.71. The highest BCUT2D eigenvalue weighted by molar-refractivity contribution is 5.94. The number of amides is 2. The minimum atomic E-state index is -0.530. The van der Waals surface area contributed by atoms with Crippen molar-refractivity contribution in [2.45, 2.75) is 64.8 Å². The van der Waals surface area contributed by atoms with Crippen LogP contribution in [0.25, 0.3) is 17.2 Å². The predicted molar refractivity (Wildman–Crippen MR) is 126 cm³/mol. The highest BCUT2D eigenvalue weighted by Gasteiger charge is 2.30. The SMILES string of the molecule is CCc1cc(C(=O)N2CCCCCC2C)nc2nc(-c3ccc(NC(=O)C4CC4)cc3F)nn12. The van der Waals surface area contributed by atoms with E-state index in [1.165, 1.54) is 6.07 Å². The summed E-state index contributed by atoms with van der Waals surface area (Å²) in [6.07, 6.45) is 6.61. The van der Waals surface area contributed by atoms with E-state index in [9.17, 15) is 14.0 Å². The van der Waals surface area contributed by atoms with Crippen LogP contribution in [0, 0.1) is 11.7 Å². The summed E-state index contributed by atoms with van der Waals surface area (Å²) in [5, 5.41) is 7.22. The Kier molecular flexibility index (Phi) is 6.02. The van der Waals surface area contributed by atoms with E-state index in [4.69, 9.17) is 0 Å². The molecule has 1 aliphatic carbocycles. The molecular formula is C25H29FN6O2. The van der Waals surface area contributed by atoms with Gasteiger partial charge in [0.05, 0.1) is 5.56 Å². The average Bonchev–Trinajstić information content (AvgIpc) is 3.62. The Morgan fingerprint density at radius 1 is 1.12 bits per heavy atom. The van der Waals surface area contributed by atoms with E-state index >= 15 is 0 Å². The van der Waals surface area contributed by atoms with Gasteiger partial charge in [0, 0.05) is 29.9 Å². The van der Waals surface area contributed by atoms with Crippen LogP contribution >= 0.6 is 0 Å². The monoisotopic (exact) mass is 464 g/mol. The normalized spacial score (nSPS) is 18.7. The molecule has 3 heterocycles. The lowest BCUT2D eigenvalue weighted by Crippen LogP contribution is -2.38. The molecule has 1 aliphatic heterocycles. The van der Waals surface area contributed by atoms with E-state index < -0.39 is 5.82 Å². The number of anilines is 1. The van der Waals surface area contributed by atoms with Gasteiger partial charge >= 0.3 is 0 Å². The fraction of sp³-hybridized carbons (Fsp3) is 0.480. The number of halogens is 1. The molecule has 1 saturated heterocycles. The van der Waals surface area contributed by atoms with Gasteiger partial charge in [0.2, 0.25) is 5.91 Å². The fourth-order valence-electron chi connectivity index (χ4n) is 4.49. The minimum Gasteiger partial charge on any atom is -0.335 e. The summed E-state index contributed by atoms with van der Waals surface area (Å²) in [4.78, 5) is 36.1. The number of hydrogen-bond acceptors (Lipinski definition) is 5. The van der Waals surface area contributed by atoms with Crippen LogP contribution in [0.3, 0.4) is 0 Å². The highest BCUT2D eigenvalue weighted by Crippen LogP contribution is 2.31. The maximum absolute atomic E-state index is 14.9. The fourth-order valence-corrected chi connectivity index (χ4v) is 4.49. The summed E-state index contributed by atoms with van der Waals surface area (Å²) in [6.45, 7) is 4.77. The third kappa shape index (κ3) is 4.38. The van der Waals surface area contributed by atoms with Crippen molar-refractivity contribution in [3.63, 3.8) is 0 Å². The maximum Gasteiger partial charge on any atom is 0.272 e. The van der Waals surface area contributed by atoms with Crippen molar-refractivity contribution in [1.29, 1.82) is 0 Å². The highest BCUT2D eigenvalue weighted by atomic mass is 19.1. The Morgan fingerprint density at radius 3 is 2.68 bits per heavy atom. The number of likely N-dealkylation sites (tertiary alicyclic amines) is 1. The summed E-state index contributed by atoms with van der Waals surface area (Å²) in [5.41, 5.74) is 1.75. The molecule has 2 aromatic heterocycles. The zero-order chi connectivity index (χ0) is 23.8. The molecule has 178 valence electrons. The Bertz CT molecular complexity index is 1250. The largest absolute Gasteiger partial charge is 0.335 e. The van der Waals surface area contributed by atoms with E-state index in [1.54, 1.807) is 22.7 Å². The van der Waals surface area contributed by atoms with E-state index in [0.29, 0.717) is 17.8 Å². The first-order valence-electron chi connectivity index (χ1n) is 12.1. The smallest absolute Gasteiger partial charge is 0.272 e. The van der Waals surface area contributed by atoms with Crippen LogP contribution in [0.15, 0.2) is 24.3 Å². The van der Waals surface area contributed by atoms with Gasteiger partial charge in [-0.05, 0) is 63.3 Å². The Labute approximate surface area is 197 Å². The van der Waals surface area contributed by atoms with Crippen LogP contribution < -0.4 is 5.32 Å². The number of aromatic nitrogens is 4. The quantitative estimate of drug-likeness (QED) is 0.610. The molecule has 3 aromatic rings. The Balaban J connectivity index is 1.46. The minimum absolute atomic E-state index is 0.0376. The molecule has 1 aromatic carbocycles. The molecule has 8 nitrogen and oxygen atoms in total. The van der Waals surface area contributed by atoms with Gasteiger partial charge in [0.15, 0.2) is 5.82 Å². The average molecular weight is 465 g/mol. The molecule has 1 saturated carbocycles. The Morgan fingerprint density at radius 2 is 1.94 bits per heavy atom. The maximum atomic E-state index is 14.9. The summed E-state index contributed by atoms with van der Waals surface area (Å²) < 4.78 is 16.5. The van der Waals surface area contributed by atoms with Gasteiger partial charge in [-0.15, -0.1) is 5.10 Å². The topological polar surface area (TPSA) is 92.5 Å². The van der Waals surface area contributed by atoms with Crippen LogP contribution in [0.5, 0.6) is 0 Å². The number of aryl methyl sites for hydroxylation is 1. The molecule has 0 spiro atoms. The lowest BCUT2D eigenvalue weighted by atomic mass is 10.1. The first kappa shape index (κ1) is 22.4. The van der Waals surface area contributed by atoms with Gasteiger partial charge in [0.25, 0.3) is 11.7 Å². The van der Waals surface area contributed by atoms with Crippen LogP contribution in [-0.4, -0.2) is 48.9 Å². The second kappa shape index (κ2) is 9.12. The molecule has 5 rings (SSSR count). The summed E-state index contributed by atoms with van der Waals surface area (Å²) in [6, 6.07) is 6.42. The lowest BCUT2D eigenvalue weighted by Gasteiger charge is -2.26. The number of rotatable bonds is 5. The van der Waals surface area contributed by atoms with Crippen molar-refractivity contribution >= 4 is 23.3 Å². The molecule has 34 heavy (non-hydrogen) atoms. The predicted octanol–water partition coefficient (Wildman–Crippen LogP) is 4.25. The lowest BCUT2D eigenvalue weighted by molar-refractivity contribution is -0.117. The molecule has 2 amide bonds. The van der Waals surface area contributed by atoms with E-state index in [2.05, 4.69) is 27.3 Å². The van der Waals surface area contributed by atoms with E-state index in [-0.39, 0.29) is 40.9 Å². The Hall–Kier alpha value is -3.36. The molecule has 2 fully saturated rings. The van der Waals surface area contributed by atoms with Gasteiger partial charge in [-0.1, -0.05) is 19.8 Å². The number of hydrogen-bond donors (Lipinski definition) is 1. The van der Waals surface area contributed by atoms with Crippen molar-refractivity contribution < 1.29 is 14.0 Å². The molecule has 0 radical (unpaired) electrons. The zero-order valence-electron chi connectivity index (χ0n) is 19.6. The molecule has 0 bridgehead atoms. The van der Waals surface area contributed by atoms with Gasteiger partial charge in [-0.25, -0.2) is 13.9 Å². The molecule has 1 unspecified atom stereocenters. The van der Waals surface area contributed by atoms with Crippen molar-refractivity contribution in [2.24, 2.45) is 5.92 Å². The van der Waals surface area contributed by atoms with Crippen molar-refractivity contribution in [2.75, 3.05) is 11.9 Å². The van der Waals surface area contributed by atoms with Gasteiger partial charge in [-0.2, -0.15) is 4.98 Å². The van der Waals surface area contributed by atoms with E-state index in [1.807, 2.05) is 11.8 Å². The first-order valence-corrected chi connectivity index (χ1v) is 12.1. The van der Waals surface area contributed by atoms with Gasteiger partial charge < -0.3 is 10.2 Å². The molecule has 1 N–H and O–H groups in total. The van der Waals surface area contributed by atoms with Gasteiger partial charge in [-0.3, -0.25) is 9.59 Å². The number of fused-ring (bicyclic) bond motifs is 1. The van der Waals surface area contributed by atoms with Crippen molar-refractivity contribution in [3.8, 4) is 11.4 Å². The van der Waals surface area contributed by atoms with Crippen LogP contribution in [0.4, 0.5) is 10.1 Å². The van der Waals surface area contributed by atoms with Crippen molar-refractivity contribution in [1.82, 2.24) is 24.5 Å². The van der Waals surface area contributed by atoms with E-state index in [0.717, 1.165) is 50.8 Å². The number of nitrogens with one attached hydrogen (secondary N) is 1. The van der Waals surface area contributed by atoms with Crippen LogP contribution in [0.2, 0.25) is 0 Å². The molecule has 2 aliphatic rings. The number of nitrogens with zero attached hydrogens (tertiary/aromatic N) is 5. The number of carbonyl (C=O) groups is 2. The molecule has 1 atom stereocenters. The number of carbonyl (C=O) groups excluding carboxylic acids is 2. The second-order valence-electron chi connectivity index (χ2n) is 9.29. The summed E-state index contributed by atoms with van der Waals surface area (Å²) >= 11 is 0. The summed E-state index contributed by atoms with van der Waals surface area (Å²) in [5.74, 6) is -0.213.